The average Bonchev–Trinajstić information content (AvgIpc) is 2.65. The molecule has 26 heavy (non-hydrogen) atoms. The van der Waals surface area contributed by atoms with Crippen LogP contribution in [0.2, 0.25) is 0 Å². The van der Waals surface area contributed by atoms with Crippen LogP contribution in [0.25, 0.3) is 0 Å². The van der Waals surface area contributed by atoms with E-state index in [4.69, 9.17) is 4.99 Å². The molecule has 150 valence electrons. The van der Waals surface area contributed by atoms with Gasteiger partial charge < -0.3 is 20.4 Å². The van der Waals surface area contributed by atoms with Crippen molar-refractivity contribution in [3.05, 3.63) is 0 Å². The number of guanidine groups is 1. The Morgan fingerprint density at radius 2 is 1.96 bits per heavy atom. The zero-order valence-electron chi connectivity index (χ0n) is 17.1. The number of carbonyl (C=O) groups is 1. The number of aliphatic imine (C=N–C) groups is 1. The van der Waals surface area contributed by atoms with Crippen molar-refractivity contribution in [2.75, 3.05) is 52.9 Å². The van der Waals surface area contributed by atoms with Crippen molar-refractivity contribution in [1.82, 2.24) is 20.4 Å². The van der Waals surface area contributed by atoms with E-state index in [1.54, 1.807) is 7.05 Å². The molecule has 6 heteroatoms. The number of amides is 1. The van der Waals surface area contributed by atoms with Gasteiger partial charge in [0.1, 0.15) is 0 Å². The fourth-order valence-electron chi connectivity index (χ4n) is 4.11. The van der Waals surface area contributed by atoms with Gasteiger partial charge in [0.05, 0.1) is 0 Å². The van der Waals surface area contributed by atoms with Crippen LogP contribution in [-0.4, -0.2) is 74.5 Å². The second-order valence-corrected chi connectivity index (χ2v) is 7.94. The minimum absolute atomic E-state index is 0.163. The SMILES string of the molecule is CCNC(=NCCCN1CCCC(C)C1)N1CCC(CC(=O)NC)CC1. The summed E-state index contributed by atoms with van der Waals surface area (Å²) in [6, 6.07) is 0. The maximum atomic E-state index is 11.6. The molecule has 2 N–H and O–H groups in total. The van der Waals surface area contributed by atoms with Gasteiger partial charge >= 0.3 is 0 Å². The number of nitrogens with one attached hydrogen (secondary N) is 2. The Balaban J connectivity index is 1.73. The zero-order chi connectivity index (χ0) is 18.8. The molecular formula is C20H39N5O. The molecule has 0 saturated carbocycles. The quantitative estimate of drug-likeness (QED) is 0.411. The van der Waals surface area contributed by atoms with Gasteiger partial charge in [-0.1, -0.05) is 6.92 Å². The van der Waals surface area contributed by atoms with Gasteiger partial charge in [-0.2, -0.15) is 0 Å². The zero-order valence-corrected chi connectivity index (χ0v) is 17.1. The van der Waals surface area contributed by atoms with Gasteiger partial charge in [-0.15, -0.1) is 0 Å². The van der Waals surface area contributed by atoms with Crippen LogP contribution in [0.4, 0.5) is 0 Å². The predicted octanol–water partition coefficient (Wildman–Crippen LogP) is 1.92. The summed E-state index contributed by atoms with van der Waals surface area (Å²) in [5, 5.41) is 6.19. The monoisotopic (exact) mass is 365 g/mol. The van der Waals surface area contributed by atoms with Crippen LogP contribution in [0.5, 0.6) is 0 Å². The highest BCUT2D eigenvalue weighted by molar-refractivity contribution is 5.80. The largest absolute Gasteiger partial charge is 0.359 e. The lowest BCUT2D eigenvalue weighted by Gasteiger charge is -2.34. The van der Waals surface area contributed by atoms with E-state index in [2.05, 4.69) is 34.3 Å². The Labute approximate surface area is 159 Å². The molecule has 1 amide bonds. The molecule has 0 aromatic heterocycles. The lowest BCUT2D eigenvalue weighted by atomic mass is 9.93. The van der Waals surface area contributed by atoms with E-state index in [1.165, 1.54) is 32.5 Å². The molecule has 2 rings (SSSR count). The first-order chi connectivity index (χ1) is 12.6. The standard InChI is InChI=1S/C20H39N5O/c1-4-22-20(23-10-6-12-24-11-5-7-17(2)16-24)25-13-8-18(9-14-25)15-19(26)21-3/h17-18H,4-16H2,1-3H3,(H,21,26)(H,22,23). The maximum Gasteiger partial charge on any atom is 0.220 e. The van der Waals surface area contributed by atoms with Gasteiger partial charge in [-0.05, 0) is 64.0 Å². The smallest absolute Gasteiger partial charge is 0.220 e. The van der Waals surface area contributed by atoms with Crippen molar-refractivity contribution < 1.29 is 4.79 Å². The fraction of sp³-hybridized carbons (Fsp3) is 0.900. The molecule has 6 nitrogen and oxygen atoms in total. The Hall–Kier alpha value is -1.30. The molecule has 2 fully saturated rings. The highest BCUT2D eigenvalue weighted by Gasteiger charge is 2.23. The summed E-state index contributed by atoms with van der Waals surface area (Å²) in [4.78, 5) is 21.4. The van der Waals surface area contributed by atoms with Crippen molar-refractivity contribution in [3.8, 4) is 0 Å². The number of rotatable bonds is 7. The van der Waals surface area contributed by atoms with Crippen molar-refractivity contribution in [2.45, 2.75) is 52.4 Å². The third-order valence-corrected chi connectivity index (χ3v) is 5.64. The van der Waals surface area contributed by atoms with Crippen LogP contribution in [0.3, 0.4) is 0 Å². The summed E-state index contributed by atoms with van der Waals surface area (Å²) < 4.78 is 0. The molecule has 2 heterocycles. The summed E-state index contributed by atoms with van der Waals surface area (Å²) >= 11 is 0. The van der Waals surface area contributed by atoms with Gasteiger partial charge in [0.15, 0.2) is 5.96 Å². The van der Waals surface area contributed by atoms with Crippen LogP contribution in [0, 0.1) is 11.8 Å². The lowest BCUT2D eigenvalue weighted by molar-refractivity contribution is -0.121. The molecule has 2 aliphatic rings. The molecule has 0 aliphatic carbocycles. The Morgan fingerprint density at radius 3 is 2.62 bits per heavy atom. The summed E-state index contributed by atoms with van der Waals surface area (Å²) in [5.41, 5.74) is 0. The first kappa shape index (κ1) is 21.0. The number of nitrogens with zero attached hydrogens (tertiary/aromatic N) is 3. The maximum absolute atomic E-state index is 11.6. The molecule has 1 unspecified atom stereocenters. The van der Waals surface area contributed by atoms with Crippen molar-refractivity contribution in [2.24, 2.45) is 16.8 Å². The number of carbonyl (C=O) groups excluding carboxylic acids is 1. The minimum atomic E-state index is 0.163. The second kappa shape index (κ2) is 11.4. The first-order valence-electron chi connectivity index (χ1n) is 10.6. The Morgan fingerprint density at radius 1 is 1.19 bits per heavy atom. The van der Waals surface area contributed by atoms with Crippen molar-refractivity contribution in [1.29, 1.82) is 0 Å². The molecule has 2 aliphatic heterocycles. The molecule has 0 radical (unpaired) electrons. The van der Waals surface area contributed by atoms with Gasteiger partial charge in [0.2, 0.25) is 5.91 Å². The molecule has 2 saturated heterocycles. The third-order valence-electron chi connectivity index (χ3n) is 5.64. The molecule has 0 aromatic carbocycles. The van der Waals surface area contributed by atoms with Crippen LogP contribution >= 0.6 is 0 Å². The molecule has 1 atom stereocenters. The molecular weight excluding hydrogens is 326 g/mol. The Bertz CT molecular complexity index is 445. The highest BCUT2D eigenvalue weighted by Crippen LogP contribution is 2.20. The van der Waals surface area contributed by atoms with Crippen molar-refractivity contribution >= 4 is 11.9 Å². The summed E-state index contributed by atoms with van der Waals surface area (Å²) in [6.07, 6.45) is 6.67. The van der Waals surface area contributed by atoms with Crippen LogP contribution in [-0.2, 0) is 4.79 Å². The predicted molar refractivity (Wildman–Crippen MR) is 108 cm³/mol. The number of hydrogen-bond donors (Lipinski definition) is 2. The highest BCUT2D eigenvalue weighted by atomic mass is 16.1. The number of hydrogen-bond acceptors (Lipinski definition) is 3. The van der Waals surface area contributed by atoms with E-state index in [1.807, 2.05) is 0 Å². The van der Waals surface area contributed by atoms with E-state index in [9.17, 15) is 4.79 Å². The molecule has 0 bridgehead atoms. The lowest BCUT2D eigenvalue weighted by Crippen LogP contribution is -2.46. The van der Waals surface area contributed by atoms with Gasteiger partial charge in [0.25, 0.3) is 0 Å². The van der Waals surface area contributed by atoms with Crippen LogP contribution in [0.15, 0.2) is 4.99 Å². The summed E-state index contributed by atoms with van der Waals surface area (Å²) in [6.45, 7) is 12.0. The van der Waals surface area contributed by atoms with Gasteiger partial charge in [0, 0.05) is 46.2 Å². The van der Waals surface area contributed by atoms with E-state index < -0.39 is 0 Å². The topological polar surface area (TPSA) is 60.0 Å². The second-order valence-electron chi connectivity index (χ2n) is 7.94. The van der Waals surface area contributed by atoms with Gasteiger partial charge in [-0.25, -0.2) is 0 Å². The van der Waals surface area contributed by atoms with Crippen LogP contribution in [0.1, 0.15) is 52.4 Å². The van der Waals surface area contributed by atoms with Gasteiger partial charge in [-0.3, -0.25) is 9.79 Å². The van der Waals surface area contributed by atoms with E-state index in [0.29, 0.717) is 12.3 Å². The fourth-order valence-corrected chi connectivity index (χ4v) is 4.11. The van der Waals surface area contributed by atoms with Crippen LogP contribution < -0.4 is 10.6 Å². The summed E-state index contributed by atoms with van der Waals surface area (Å²) in [7, 11) is 1.72. The number of piperidine rings is 2. The van der Waals surface area contributed by atoms with E-state index >= 15 is 0 Å². The van der Waals surface area contributed by atoms with E-state index in [0.717, 1.165) is 57.3 Å². The minimum Gasteiger partial charge on any atom is -0.359 e. The normalized spacial score (nSPS) is 23.1. The molecule has 0 spiro atoms. The Kier molecular flexibility index (Phi) is 9.23. The average molecular weight is 366 g/mol. The van der Waals surface area contributed by atoms with Crippen molar-refractivity contribution in [3.63, 3.8) is 0 Å². The summed E-state index contributed by atoms with van der Waals surface area (Å²) in [5.74, 6) is 2.57. The number of likely N-dealkylation sites (tertiary alicyclic amines) is 2. The molecule has 0 aromatic rings. The first-order valence-corrected chi connectivity index (χ1v) is 10.6. The third kappa shape index (κ3) is 7.14. The van der Waals surface area contributed by atoms with E-state index in [-0.39, 0.29) is 5.91 Å².